The second kappa shape index (κ2) is 5.80. The van der Waals surface area contributed by atoms with E-state index in [2.05, 4.69) is 27.1 Å². The molecule has 88 valence electrons. The van der Waals surface area contributed by atoms with Crippen LogP contribution in [0.25, 0.3) is 0 Å². The van der Waals surface area contributed by atoms with E-state index in [1.807, 2.05) is 6.07 Å². The molecule has 1 N–H and O–H groups in total. The number of nitrogens with one attached hydrogen (secondary N) is 1. The fourth-order valence-electron chi connectivity index (χ4n) is 2.15. The highest BCUT2D eigenvalue weighted by molar-refractivity contribution is 5.28. The fourth-order valence-corrected chi connectivity index (χ4v) is 2.15. The topological polar surface area (TPSA) is 41.0 Å². The molecule has 1 atom stereocenters. The Bertz CT molecular complexity index is 295. The van der Waals surface area contributed by atoms with E-state index in [1.165, 1.54) is 19.3 Å². The highest BCUT2D eigenvalue weighted by Gasteiger charge is 2.16. The number of anilines is 1. The molecule has 1 saturated heterocycles. The van der Waals surface area contributed by atoms with Gasteiger partial charge in [0.2, 0.25) is 5.95 Å². The smallest absolute Gasteiger partial charge is 0.225 e. The van der Waals surface area contributed by atoms with E-state index in [0.29, 0.717) is 6.04 Å². The highest BCUT2D eigenvalue weighted by atomic mass is 15.3. The first-order valence-electron chi connectivity index (χ1n) is 6.15. The summed E-state index contributed by atoms with van der Waals surface area (Å²) in [6.45, 7) is 5.28. The predicted molar refractivity (Wildman–Crippen MR) is 65.6 cm³/mol. The molecule has 1 fully saturated rings. The summed E-state index contributed by atoms with van der Waals surface area (Å²) in [5, 5.41) is 3.56. The van der Waals surface area contributed by atoms with Crippen LogP contribution in [0, 0.1) is 0 Å². The largest absolute Gasteiger partial charge is 0.340 e. The zero-order chi connectivity index (χ0) is 11.2. The summed E-state index contributed by atoms with van der Waals surface area (Å²) in [5.41, 5.74) is 0. The van der Waals surface area contributed by atoms with Crippen molar-refractivity contribution >= 4 is 5.95 Å². The molecule has 2 rings (SSSR count). The molecule has 1 unspecified atom stereocenters. The lowest BCUT2D eigenvalue weighted by atomic mass is 10.0. The van der Waals surface area contributed by atoms with Gasteiger partial charge in [0.15, 0.2) is 0 Å². The summed E-state index contributed by atoms with van der Waals surface area (Å²) < 4.78 is 0. The Morgan fingerprint density at radius 3 is 2.81 bits per heavy atom. The molecule has 1 aliphatic rings. The molecule has 0 amide bonds. The van der Waals surface area contributed by atoms with Crippen molar-refractivity contribution in [3.8, 4) is 0 Å². The van der Waals surface area contributed by atoms with Crippen LogP contribution in [0.1, 0.15) is 26.2 Å². The van der Waals surface area contributed by atoms with Gasteiger partial charge in [-0.15, -0.1) is 0 Å². The van der Waals surface area contributed by atoms with E-state index in [9.17, 15) is 0 Å². The second-order valence-corrected chi connectivity index (χ2v) is 4.23. The Kier molecular flexibility index (Phi) is 4.10. The standard InChI is InChI=1S/C12H20N4/c1-2-16(12-14-8-5-9-15-12)10-11-6-3-4-7-13-11/h5,8-9,11,13H,2-4,6-7,10H2,1H3. The maximum atomic E-state index is 4.30. The van der Waals surface area contributed by atoms with Crippen molar-refractivity contribution in [3.05, 3.63) is 18.5 Å². The third kappa shape index (κ3) is 2.92. The monoisotopic (exact) mass is 220 g/mol. The van der Waals surface area contributed by atoms with E-state index < -0.39 is 0 Å². The number of hydrogen-bond donors (Lipinski definition) is 1. The van der Waals surface area contributed by atoms with Crippen LogP contribution in [-0.4, -0.2) is 35.6 Å². The van der Waals surface area contributed by atoms with Crippen molar-refractivity contribution in [1.29, 1.82) is 0 Å². The fraction of sp³-hybridized carbons (Fsp3) is 0.667. The Hall–Kier alpha value is -1.16. The van der Waals surface area contributed by atoms with Gasteiger partial charge in [0.05, 0.1) is 0 Å². The van der Waals surface area contributed by atoms with Crippen molar-refractivity contribution in [2.75, 3.05) is 24.5 Å². The lowest BCUT2D eigenvalue weighted by molar-refractivity contribution is 0.399. The predicted octanol–water partition coefficient (Wildman–Crippen LogP) is 1.44. The summed E-state index contributed by atoms with van der Waals surface area (Å²) in [5.74, 6) is 0.845. The van der Waals surface area contributed by atoms with Gasteiger partial charge >= 0.3 is 0 Å². The first kappa shape index (κ1) is 11.3. The molecule has 1 aromatic heterocycles. The molecule has 16 heavy (non-hydrogen) atoms. The molecular formula is C12H20N4. The average Bonchev–Trinajstić information content (AvgIpc) is 2.38. The normalized spacial score (nSPS) is 20.7. The first-order chi connectivity index (χ1) is 7.90. The van der Waals surface area contributed by atoms with Gasteiger partial charge in [-0.05, 0) is 32.4 Å². The molecule has 4 nitrogen and oxygen atoms in total. The zero-order valence-electron chi connectivity index (χ0n) is 9.89. The molecule has 0 bridgehead atoms. The maximum absolute atomic E-state index is 4.30. The van der Waals surface area contributed by atoms with Crippen LogP contribution in [-0.2, 0) is 0 Å². The van der Waals surface area contributed by atoms with Gasteiger partial charge in [-0.1, -0.05) is 6.42 Å². The third-order valence-electron chi connectivity index (χ3n) is 3.07. The molecule has 0 aliphatic carbocycles. The number of likely N-dealkylation sites (N-methyl/N-ethyl adjacent to an activating group) is 1. The van der Waals surface area contributed by atoms with Gasteiger partial charge in [-0.2, -0.15) is 0 Å². The van der Waals surface area contributed by atoms with E-state index in [1.54, 1.807) is 12.4 Å². The van der Waals surface area contributed by atoms with Crippen molar-refractivity contribution in [2.24, 2.45) is 0 Å². The summed E-state index contributed by atoms with van der Waals surface area (Å²) in [4.78, 5) is 10.8. The molecular weight excluding hydrogens is 200 g/mol. The summed E-state index contributed by atoms with van der Waals surface area (Å²) >= 11 is 0. The molecule has 1 aromatic rings. The van der Waals surface area contributed by atoms with Gasteiger partial charge in [0.1, 0.15) is 0 Å². The zero-order valence-corrected chi connectivity index (χ0v) is 9.89. The van der Waals surface area contributed by atoms with Gasteiger partial charge in [0, 0.05) is 31.5 Å². The number of nitrogens with zero attached hydrogens (tertiary/aromatic N) is 3. The van der Waals surface area contributed by atoms with Crippen molar-refractivity contribution < 1.29 is 0 Å². The van der Waals surface area contributed by atoms with Crippen LogP contribution < -0.4 is 10.2 Å². The Morgan fingerprint density at radius 1 is 1.38 bits per heavy atom. The van der Waals surface area contributed by atoms with Crippen LogP contribution in [0.5, 0.6) is 0 Å². The molecule has 0 radical (unpaired) electrons. The number of aromatic nitrogens is 2. The second-order valence-electron chi connectivity index (χ2n) is 4.23. The van der Waals surface area contributed by atoms with Crippen LogP contribution in [0.2, 0.25) is 0 Å². The first-order valence-corrected chi connectivity index (χ1v) is 6.15. The average molecular weight is 220 g/mol. The third-order valence-corrected chi connectivity index (χ3v) is 3.07. The minimum Gasteiger partial charge on any atom is -0.340 e. The number of piperidine rings is 1. The SMILES string of the molecule is CCN(CC1CCCCN1)c1ncccn1. The Morgan fingerprint density at radius 2 is 2.19 bits per heavy atom. The van der Waals surface area contributed by atoms with Crippen molar-refractivity contribution in [1.82, 2.24) is 15.3 Å². The number of rotatable bonds is 4. The van der Waals surface area contributed by atoms with Crippen LogP contribution in [0.3, 0.4) is 0 Å². The minimum atomic E-state index is 0.595. The molecule has 1 aliphatic heterocycles. The van der Waals surface area contributed by atoms with Crippen molar-refractivity contribution in [3.63, 3.8) is 0 Å². The van der Waals surface area contributed by atoms with Crippen LogP contribution >= 0.6 is 0 Å². The summed E-state index contributed by atoms with van der Waals surface area (Å²) in [7, 11) is 0. The van der Waals surface area contributed by atoms with E-state index in [4.69, 9.17) is 0 Å². The van der Waals surface area contributed by atoms with E-state index in [-0.39, 0.29) is 0 Å². The number of hydrogen-bond acceptors (Lipinski definition) is 4. The summed E-state index contributed by atoms with van der Waals surface area (Å²) in [6, 6.07) is 2.45. The molecule has 0 aromatic carbocycles. The summed E-state index contributed by atoms with van der Waals surface area (Å²) in [6.07, 6.45) is 7.53. The lowest BCUT2D eigenvalue weighted by Gasteiger charge is -2.29. The maximum Gasteiger partial charge on any atom is 0.225 e. The van der Waals surface area contributed by atoms with Gasteiger partial charge < -0.3 is 10.2 Å². The molecule has 2 heterocycles. The molecule has 0 spiro atoms. The lowest BCUT2D eigenvalue weighted by Crippen LogP contribution is -2.44. The highest BCUT2D eigenvalue weighted by Crippen LogP contribution is 2.11. The Labute approximate surface area is 97.1 Å². The minimum absolute atomic E-state index is 0.595. The molecule has 0 saturated carbocycles. The Balaban J connectivity index is 1.94. The van der Waals surface area contributed by atoms with Gasteiger partial charge in [-0.3, -0.25) is 0 Å². The van der Waals surface area contributed by atoms with Crippen LogP contribution in [0.15, 0.2) is 18.5 Å². The van der Waals surface area contributed by atoms with Crippen molar-refractivity contribution in [2.45, 2.75) is 32.2 Å². The van der Waals surface area contributed by atoms with Gasteiger partial charge in [-0.25, -0.2) is 9.97 Å². The van der Waals surface area contributed by atoms with Crippen LogP contribution in [0.4, 0.5) is 5.95 Å². The van der Waals surface area contributed by atoms with Gasteiger partial charge in [0.25, 0.3) is 0 Å². The van der Waals surface area contributed by atoms with E-state index >= 15 is 0 Å². The van der Waals surface area contributed by atoms with E-state index in [0.717, 1.165) is 25.6 Å². The quantitative estimate of drug-likeness (QED) is 0.833. The molecule has 4 heteroatoms.